The van der Waals surface area contributed by atoms with Gasteiger partial charge in [0, 0.05) is 11.8 Å². The first-order valence-electron chi connectivity index (χ1n) is 4.23. The first-order valence-corrected chi connectivity index (χ1v) is 4.23. The second kappa shape index (κ2) is 4.33. The van der Waals surface area contributed by atoms with Crippen molar-refractivity contribution in [3.05, 3.63) is 18.0 Å². The molecule has 1 aromatic heterocycles. The third kappa shape index (κ3) is 4.01. The van der Waals surface area contributed by atoms with E-state index in [1.165, 1.54) is 12.4 Å². The maximum Gasteiger partial charge on any atom is 0.397 e. The van der Waals surface area contributed by atoms with Crippen molar-refractivity contribution in [1.82, 2.24) is 15.5 Å². The Labute approximate surface area is 83.9 Å². The second-order valence-corrected chi connectivity index (χ2v) is 3.11. The lowest BCUT2D eigenvalue weighted by Gasteiger charge is -2.12. The minimum Gasteiger partial charge on any atom is -0.349 e. The molecule has 1 atom stereocenters. The maximum absolute atomic E-state index is 11.8. The van der Waals surface area contributed by atoms with Crippen molar-refractivity contribution in [2.24, 2.45) is 0 Å². The van der Waals surface area contributed by atoms with Crippen molar-refractivity contribution in [3.63, 3.8) is 0 Å². The number of hydrogen-bond acceptors (Lipinski definition) is 2. The van der Waals surface area contributed by atoms with Gasteiger partial charge in [-0.15, -0.1) is 0 Å². The Kier molecular flexibility index (Phi) is 3.33. The Hall–Kier alpha value is -1.53. The third-order valence-electron chi connectivity index (χ3n) is 1.76. The zero-order chi connectivity index (χ0) is 11.5. The van der Waals surface area contributed by atoms with Crippen molar-refractivity contribution in [1.29, 1.82) is 0 Å². The molecule has 15 heavy (non-hydrogen) atoms. The van der Waals surface area contributed by atoms with E-state index in [1.54, 1.807) is 6.92 Å². The highest BCUT2D eigenvalue weighted by atomic mass is 19.4. The molecule has 0 radical (unpaired) electrons. The van der Waals surface area contributed by atoms with Gasteiger partial charge in [0.1, 0.15) is 6.42 Å². The summed E-state index contributed by atoms with van der Waals surface area (Å²) in [5.41, 5.74) is 0.630. The predicted molar refractivity (Wildman–Crippen MR) is 45.8 cm³/mol. The minimum atomic E-state index is -4.47. The quantitative estimate of drug-likeness (QED) is 0.813. The van der Waals surface area contributed by atoms with Gasteiger partial charge in [-0.05, 0) is 6.92 Å². The van der Waals surface area contributed by atoms with Gasteiger partial charge >= 0.3 is 6.18 Å². The molecule has 0 saturated carbocycles. The number of alkyl halides is 3. The van der Waals surface area contributed by atoms with Gasteiger partial charge in [-0.2, -0.15) is 18.3 Å². The van der Waals surface area contributed by atoms with Crippen molar-refractivity contribution >= 4 is 5.91 Å². The van der Waals surface area contributed by atoms with Crippen LogP contribution >= 0.6 is 0 Å². The number of carbonyl (C=O) groups excluding carboxylic acids is 1. The number of aromatic amines is 1. The number of carbonyl (C=O) groups is 1. The monoisotopic (exact) mass is 221 g/mol. The number of nitrogens with zero attached hydrogens (tertiary/aromatic N) is 1. The lowest BCUT2D eigenvalue weighted by atomic mass is 10.2. The van der Waals surface area contributed by atoms with Crippen LogP contribution in [-0.4, -0.2) is 22.3 Å². The van der Waals surface area contributed by atoms with E-state index in [9.17, 15) is 18.0 Å². The average molecular weight is 221 g/mol. The number of hydrogen-bond donors (Lipinski definition) is 2. The molecule has 0 aliphatic carbocycles. The first kappa shape index (κ1) is 11.5. The molecule has 1 unspecified atom stereocenters. The summed E-state index contributed by atoms with van der Waals surface area (Å²) in [6.45, 7) is 1.58. The summed E-state index contributed by atoms with van der Waals surface area (Å²) >= 11 is 0. The molecule has 0 aliphatic heterocycles. The molecular formula is C8H10F3N3O. The fourth-order valence-electron chi connectivity index (χ4n) is 1.06. The molecule has 0 aliphatic rings. The normalized spacial score (nSPS) is 13.6. The van der Waals surface area contributed by atoms with Gasteiger partial charge in [0.2, 0.25) is 5.91 Å². The summed E-state index contributed by atoms with van der Waals surface area (Å²) in [6.07, 6.45) is -2.98. The second-order valence-electron chi connectivity index (χ2n) is 3.11. The molecule has 84 valence electrons. The number of nitrogens with one attached hydrogen (secondary N) is 2. The zero-order valence-corrected chi connectivity index (χ0v) is 7.93. The molecule has 1 rings (SSSR count). The summed E-state index contributed by atoms with van der Waals surface area (Å²) < 4.78 is 35.5. The Balaban J connectivity index is 2.45. The van der Waals surface area contributed by atoms with Gasteiger partial charge in [0.05, 0.1) is 12.2 Å². The molecule has 0 fully saturated rings. The number of aromatic nitrogens is 2. The molecule has 4 nitrogen and oxygen atoms in total. The van der Waals surface area contributed by atoms with E-state index in [0.29, 0.717) is 5.56 Å². The molecule has 2 N–H and O–H groups in total. The molecule has 0 saturated heterocycles. The van der Waals surface area contributed by atoms with Crippen molar-refractivity contribution < 1.29 is 18.0 Å². The van der Waals surface area contributed by atoms with Crippen molar-refractivity contribution in [2.75, 3.05) is 0 Å². The first-order chi connectivity index (χ1) is 6.88. The van der Waals surface area contributed by atoms with E-state index in [-0.39, 0.29) is 0 Å². The van der Waals surface area contributed by atoms with E-state index >= 15 is 0 Å². The summed E-state index contributed by atoms with van der Waals surface area (Å²) in [7, 11) is 0. The van der Waals surface area contributed by atoms with Crippen molar-refractivity contribution in [2.45, 2.75) is 25.6 Å². The van der Waals surface area contributed by atoms with Gasteiger partial charge in [0.25, 0.3) is 0 Å². The third-order valence-corrected chi connectivity index (χ3v) is 1.76. The van der Waals surface area contributed by atoms with Gasteiger partial charge in [-0.25, -0.2) is 0 Å². The SMILES string of the molecule is CC(NC(=O)CC(F)(F)F)c1cn[nH]c1. The van der Waals surface area contributed by atoms with E-state index in [0.717, 1.165) is 0 Å². The minimum absolute atomic E-state index is 0.487. The number of H-pyrrole nitrogens is 1. The summed E-state index contributed by atoms with van der Waals surface area (Å²) in [6, 6.07) is -0.487. The van der Waals surface area contributed by atoms with E-state index in [4.69, 9.17) is 0 Å². The molecule has 0 bridgehead atoms. The van der Waals surface area contributed by atoms with Crippen LogP contribution in [0.25, 0.3) is 0 Å². The van der Waals surface area contributed by atoms with Crippen LogP contribution < -0.4 is 5.32 Å². The molecule has 1 heterocycles. The van der Waals surface area contributed by atoms with Crippen LogP contribution in [0.5, 0.6) is 0 Å². The summed E-state index contributed by atoms with van der Waals surface area (Å²) in [4.78, 5) is 10.9. The summed E-state index contributed by atoms with van der Waals surface area (Å²) in [5.74, 6) is -1.05. The highest BCUT2D eigenvalue weighted by molar-refractivity contribution is 5.77. The number of halogens is 3. The van der Waals surface area contributed by atoms with E-state index in [1.807, 2.05) is 0 Å². The fourth-order valence-corrected chi connectivity index (χ4v) is 1.06. The maximum atomic E-state index is 11.8. The molecule has 0 spiro atoms. The van der Waals surface area contributed by atoms with Gasteiger partial charge in [0.15, 0.2) is 0 Å². The number of amides is 1. The van der Waals surface area contributed by atoms with Crippen LogP contribution in [0.3, 0.4) is 0 Å². The standard InChI is InChI=1S/C8H10F3N3O/c1-5(6-3-12-13-4-6)14-7(15)2-8(9,10)11/h3-5H,2H2,1H3,(H,12,13)(H,14,15). The average Bonchev–Trinajstić information content (AvgIpc) is 2.50. The molecular weight excluding hydrogens is 211 g/mol. The Bertz CT molecular complexity index is 320. The largest absolute Gasteiger partial charge is 0.397 e. The van der Waals surface area contributed by atoms with Crippen LogP contribution in [0.2, 0.25) is 0 Å². The smallest absolute Gasteiger partial charge is 0.349 e. The lowest BCUT2D eigenvalue weighted by Crippen LogP contribution is -2.30. The molecule has 1 amide bonds. The summed E-state index contributed by atoms with van der Waals surface area (Å²) in [5, 5.41) is 8.36. The molecule has 0 aromatic carbocycles. The highest BCUT2D eigenvalue weighted by Gasteiger charge is 2.31. The predicted octanol–water partition coefficient (Wildman–Crippen LogP) is 1.54. The zero-order valence-electron chi connectivity index (χ0n) is 7.93. The van der Waals surface area contributed by atoms with Gasteiger partial charge in [-0.1, -0.05) is 0 Å². The topological polar surface area (TPSA) is 57.8 Å². The van der Waals surface area contributed by atoms with Crippen LogP contribution in [0.4, 0.5) is 13.2 Å². The van der Waals surface area contributed by atoms with E-state index in [2.05, 4.69) is 15.5 Å². The van der Waals surface area contributed by atoms with Gasteiger partial charge < -0.3 is 5.32 Å². The van der Waals surface area contributed by atoms with Crippen LogP contribution in [0.15, 0.2) is 12.4 Å². The number of rotatable bonds is 3. The Morgan fingerprint density at radius 2 is 2.33 bits per heavy atom. The van der Waals surface area contributed by atoms with Crippen molar-refractivity contribution in [3.8, 4) is 0 Å². The Morgan fingerprint density at radius 3 is 2.80 bits per heavy atom. The molecule has 7 heteroatoms. The van der Waals surface area contributed by atoms with E-state index < -0.39 is 24.5 Å². The Morgan fingerprint density at radius 1 is 1.67 bits per heavy atom. The highest BCUT2D eigenvalue weighted by Crippen LogP contribution is 2.20. The molecule has 1 aromatic rings. The van der Waals surface area contributed by atoms with Gasteiger partial charge in [-0.3, -0.25) is 9.89 Å². The fraction of sp³-hybridized carbons (Fsp3) is 0.500. The lowest BCUT2D eigenvalue weighted by molar-refractivity contribution is -0.154. The van der Waals surface area contributed by atoms with Crippen LogP contribution in [-0.2, 0) is 4.79 Å². The van der Waals surface area contributed by atoms with Crippen LogP contribution in [0, 0.1) is 0 Å². The van der Waals surface area contributed by atoms with Crippen LogP contribution in [0.1, 0.15) is 24.9 Å².